The molecule has 1 aromatic rings. The standard InChI is InChI=1S/C35H56O8/c1-5-6-7-8-9-10-11-12-13-14-15-16-17-18-20-35(4)21-19-26-27(29(38)24(2)25(3)31(26)43-35)23-41-33-30(39)34(40)42-32(33)28(37)22-36/h28,32,36-39H,5-23H2,1-4H3. The first-order valence-electron chi connectivity index (χ1n) is 16.7. The van der Waals surface area contributed by atoms with Gasteiger partial charge in [-0.1, -0.05) is 90.4 Å². The fourth-order valence-electron chi connectivity index (χ4n) is 6.30. The van der Waals surface area contributed by atoms with E-state index in [1.54, 1.807) is 0 Å². The van der Waals surface area contributed by atoms with Gasteiger partial charge in [0, 0.05) is 11.1 Å². The van der Waals surface area contributed by atoms with Crippen LogP contribution < -0.4 is 4.74 Å². The van der Waals surface area contributed by atoms with Crippen LogP contribution in [0.1, 0.15) is 139 Å². The number of esters is 1. The van der Waals surface area contributed by atoms with E-state index < -0.39 is 30.5 Å². The second-order valence-electron chi connectivity index (χ2n) is 12.9. The molecule has 0 aromatic heterocycles. The smallest absolute Gasteiger partial charge is 0.378 e. The lowest BCUT2D eigenvalue weighted by molar-refractivity contribution is -0.148. The molecule has 0 bridgehead atoms. The summed E-state index contributed by atoms with van der Waals surface area (Å²) in [5.74, 6) is -1.18. The Bertz CT molecular complexity index is 1080. The van der Waals surface area contributed by atoms with Crippen LogP contribution in [0, 0.1) is 13.8 Å². The molecular weight excluding hydrogens is 548 g/mol. The van der Waals surface area contributed by atoms with E-state index in [1.165, 1.54) is 83.5 Å². The Labute approximate surface area is 258 Å². The molecule has 0 amide bonds. The molecule has 0 radical (unpaired) electrons. The zero-order chi connectivity index (χ0) is 31.4. The van der Waals surface area contributed by atoms with Gasteiger partial charge in [-0.2, -0.15) is 0 Å². The molecule has 2 aliphatic rings. The number of fused-ring (bicyclic) bond motifs is 1. The van der Waals surface area contributed by atoms with Crippen LogP contribution >= 0.6 is 0 Å². The Balaban J connectivity index is 1.48. The summed E-state index contributed by atoms with van der Waals surface area (Å²) < 4.78 is 17.4. The first-order valence-corrected chi connectivity index (χ1v) is 16.7. The summed E-state index contributed by atoms with van der Waals surface area (Å²) in [6, 6.07) is 0. The number of hydrogen-bond acceptors (Lipinski definition) is 8. The molecule has 0 spiro atoms. The largest absolute Gasteiger partial charge is 0.507 e. The van der Waals surface area contributed by atoms with Crippen LogP contribution in [0.2, 0.25) is 0 Å². The Morgan fingerprint density at radius 1 is 0.907 bits per heavy atom. The van der Waals surface area contributed by atoms with Crippen LogP contribution in [-0.2, 0) is 27.3 Å². The number of unbranched alkanes of at least 4 members (excludes halogenated alkanes) is 13. The van der Waals surface area contributed by atoms with E-state index >= 15 is 0 Å². The van der Waals surface area contributed by atoms with E-state index in [9.17, 15) is 25.2 Å². The monoisotopic (exact) mass is 604 g/mol. The molecule has 8 nitrogen and oxygen atoms in total. The molecule has 0 saturated carbocycles. The summed E-state index contributed by atoms with van der Waals surface area (Å²) >= 11 is 0. The average Bonchev–Trinajstić information content (AvgIpc) is 3.28. The van der Waals surface area contributed by atoms with Gasteiger partial charge in [-0.25, -0.2) is 4.79 Å². The predicted octanol–water partition coefficient (Wildman–Crippen LogP) is 7.53. The Hall–Kier alpha value is -2.45. The van der Waals surface area contributed by atoms with Crippen molar-refractivity contribution in [2.24, 2.45) is 0 Å². The minimum absolute atomic E-state index is 0.0833. The lowest BCUT2D eigenvalue weighted by Gasteiger charge is -2.38. The highest BCUT2D eigenvalue weighted by molar-refractivity contribution is 5.89. The number of carbonyl (C=O) groups excluding carboxylic acids is 1. The molecule has 2 aliphatic heterocycles. The predicted molar refractivity (Wildman–Crippen MR) is 167 cm³/mol. The summed E-state index contributed by atoms with van der Waals surface area (Å²) in [7, 11) is 0. The maximum Gasteiger partial charge on any atom is 0.378 e. The van der Waals surface area contributed by atoms with Crippen molar-refractivity contribution in [1.29, 1.82) is 0 Å². The minimum Gasteiger partial charge on any atom is -0.507 e. The molecule has 0 fully saturated rings. The number of ether oxygens (including phenoxy) is 3. The molecule has 4 N–H and O–H groups in total. The molecule has 8 heteroatoms. The molecule has 2 heterocycles. The fourth-order valence-corrected chi connectivity index (χ4v) is 6.30. The minimum atomic E-state index is -1.44. The molecule has 3 unspecified atom stereocenters. The lowest BCUT2D eigenvalue weighted by atomic mass is 9.84. The van der Waals surface area contributed by atoms with Gasteiger partial charge in [0.25, 0.3) is 0 Å². The van der Waals surface area contributed by atoms with Crippen molar-refractivity contribution in [2.75, 3.05) is 6.61 Å². The number of aliphatic hydroxyl groups excluding tert-OH is 3. The van der Waals surface area contributed by atoms with Crippen molar-refractivity contribution in [2.45, 2.75) is 161 Å². The number of phenolic OH excluding ortho intramolecular Hbond substituents is 1. The number of cyclic esters (lactones) is 1. The van der Waals surface area contributed by atoms with Gasteiger partial charge < -0.3 is 34.6 Å². The molecule has 3 atom stereocenters. The second-order valence-corrected chi connectivity index (χ2v) is 12.9. The second kappa shape index (κ2) is 17.1. The number of rotatable bonds is 20. The van der Waals surface area contributed by atoms with Crippen LogP contribution in [0.15, 0.2) is 11.5 Å². The summed E-state index contributed by atoms with van der Waals surface area (Å²) in [6.07, 6.45) is 18.3. The zero-order valence-corrected chi connectivity index (χ0v) is 27.0. The molecule has 3 rings (SSSR count). The van der Waals surface area contributed by atoms with Crippen molar-refractivity contribution in [3.05, 3.63) is 33.8 Å². The van der Waals surface area contributed by atoms with Crippen LogP contribution in [-0.4, -0.2) is 50.8 Å². The molecule has 43 heavy (non-hydrogen) atoms. The first kappa shape index (κ1) is 35.0. The van der Waals surface area contributed by atoms with Crippen molar-refractivity contribution >= 4 is 5.97 Å². The number of carbonyl (C=O) groups is 1. The number of hydrogen-bond donors (Lipinski definition) is 4. The number of phenols is 1. The maximum atomic E-state index is 11.9. The molecule has 1 aromatic carbocycles. The Morgan fingerprint density at radius 3 is 2.02 bits per heavy atom. The van der Waals surface area contributed by atoms with Gasteiger partial charge in [-0.05, 0) is 57.6 Å². The molecule has 0 aliphatic carbocycles. The SMILES string of the molecule is CCCCCCCCCCCCCCCCC1(C)CCc2c(COC3=C(O)C(=O)OC3C(O)CO)c(O)c(C)c(C)c2O1. The van der Waals surface area contributed by atoms with Gasteiger partial charge >= 0.3 is 5.97 Å². The van der Waals surface area contributed by atoms with Crippen LogP contribution in [0.4, 0.5) is 0 Å². The van der Waals surface area contributed by atoms with Crippen molar-refractivity contribution in [3.8, 4) is 11.5 Å². The van der Waals surface area contributed by atoms with E-state index in [0.717, 1.165) is 36.1 Å². The normalized spacial score (nSPS) is 20.6. The average molecular weight is 605 g/mol. The van der Waals surface area contributed by atoms with Gasteiger partial charge in [0.2, 0.25) is 5.76 Å². The fraction of sp³-hybridized carbons (Fsp3) is 0.743. The van der Waals surface area contributed by atoms with Gasteiger partial charge in [-0.3, -0.25) is 0 Å². The lowest BCUT2D eigenvalue weighted by Crippen LogP contribution is -2.37. The number of aromatic hydroxyl groups is 1. The quantitative estimate of drug-likeness (QED) is 0.0889. The molecule has 0 saturated heterocycles. The Kier molecular flexibility index (Phi) is 14.0. The highest BCUT2D eigenvalue weighted by atomic mass is 16.6. The van der Waals surface area contributed by atoms with Crippen LogP contribution in [0.5, 0.6) is 11.5 Å². The van der Waals surface area contributed by atoms with Gasteiger partial charge in [0.1, 0.15) is 29.8 Å². The van der Waals surface area contributed by atoms with Crippen molar-refractivity contribution < 1.29 is 39.4 Å². The molecular formula is C35H56O8. The highest BCUT2D eigenvalue weighted by Crippen LogP contribution is 2.45. The van der Waals surface area contributed by atoms with Gasteiger partial charge in [-0.15, -0.1) is 0 Å². The highest BCUT2D eigenvalue weighted by Gasteiger charge is 2.41. The third-order valence-corrected chi connectivity index (χ3v) is 9.32. The van der Waals surface area contributed by atoms with E-state index in [4.69, 9.17) is 14.2 Å². The van der Waals surface area contributed by atoms with Crippen molar-refractivity contribution in [1.82, 2.24) is 0 Å². The third kappa shape index (κ3) is 9.52. The number of benzene rings is 1. The van der Waals surface area contributed by atoms with Gasteiger partial charge in [0.05, 0.1) is 6.61 Å². The third-order valence-electron chi connectivity index (χ3n) is 9.32. The Morgan fingerprint density at radius 2 is 1.47 bits per heavy atom. The van der Waals surface area contributed by atoms with E-state index in [1.807, 2.05) is 13.8 Å². The first-order chi connectivity index (χ1) is 20.6. The summed E-state index contributed by atoms with van der Waals surface area (Å²) in [6.45, 7) is 7.38. The number of aliphatic hydroxyl groups is 3. The summed E-state index contributed by atoms with van der Waals surface area (Å²) in [5.41, 5.74) is 2.65. The van der Waals surface area contributed by atoms with Gasteiger partial charge in [0.15, 0.2) is 11.9 Å². The summed E-state index contributed by atoms with van der Waals surface area (Å²) in [5, 5.41) is 40.5. The van der Waals surface area contributed by atoms with E-state index in [2.05, 4.69) is 13.8 Å². The summed E-state index contributed by atoms with van der Waals surface area (Å²) in [4.78, 5) is 11.9. The molecule has 244 valence electrons. The van der Waals surface area contributed by atoms with Crippen LogP contribution in [0.25, 0.3) is 0 Å². The maximum absolute atomic E-state index is 11.9. The van der Waals surface area contributed by atoms with Crippen molar-refractivity contribution in [3.63, 3.8) is 0 Å². The van der Waals surface area contributed by atoms with E-state index in [-0.39, 0.29) is 23.7 Å². The topological polar surface area (TPSA) is 126 Å². The van der Waals surface area contributed by atoms with Crippen LogP contribution in [0.3, 0.4) is 0 Å². The van der Waals surface area contributed by atoms with E-state index in [0.29, 0.717) is 17.5 Å². The zero-order valence-electron chi connectivity index (χ0n) is 27.0.